The van der Waals surface area contributed by atoms with Crippen molar-refractivity contribution < 1.29 is 14.7 Å². The van der Waals surface area contributed by atoms with Gasteiger partial charge < -0.3 is 10.4 Å². The molecule has 2 N–H and O–H groups in total. The van der Waals surface area contributed by atoms with Crippen molar-refractivity contribution in [3.8, 4) is 0 Å². The molecule has 108 valence electrons. The minimum atomic E-state index is -0.803. The largest absolute Gasteiger partial charge is 0.481 e. The highest BCUT2D eigenvalue weighted by Gasteiger charge is 2.34. The molecule has 4 nitrogen and oxygen atoms in total. The molecule has 1 fully saturated rings. The van der Waals surface area contributed by atoms with Gasteiger partial charge in [-0.25, -0.2) is 0 Å². The Labute approximate surface area is 123 Å². The van der Waals surface area contributed by atoms with Crippen molar-refractivity contribution in [1.82, 2.24) is 5.32 Å². The summed E-state index contributed by atoms with van der Waals surface area (Å²) < 4.78 is 0. The third-order valence-electron chi connectivity index (χ3n) is 3.86. The second kappa shape index (κ2) is 6.27. The number of hydrogen-bond acceptors (Lipinski definition) is 2. The third-order valence-corrected chi connectivity index (χ3v) is 4.10. The van der Waals surface area contributed by atoms with Crippen LogP contribution in [0.1, 0.15) is 37.8 Å². The van der Waals surface area contributed by atoms with Crippen molar-refractivity contribution in [2.24, 2.45) is 11.8 Å². The molecule has 1 saturated carbocycles. The van der Waals surface area contributed by atoms with Crippen LogP contribution in [-0.2, 0) is 9.59 Å². The highest BCUT2D eigenvalue weighted by molar-refractivity contribution is 6.30. The lowest BCUT2D eigenvalue weighted by molar-refractivity contribution is -0.141. The Balaban J connectivity index is 1.93. The normalized spacial score (nSPS) is 23.3. The number of carbonyl (C=O) groups excluding carboxylic acids is 1. The van der Waals surface area contributed by atoms with Crippen LogP contribution in [0.3, 0.4) is 0 Å². The van der Waals surface area contributed by atoms with E-state index >= 15 is 0 Å². The molecule has 3 atom stereocenters. The van der Waals surface area contributed by atoms with Gasteiger partial charge in [-0.15, -0.1) is 0 Å². The van der Waals surface area contributed by atoms with Crippen LogP contribution in [-0.4, -0.2) is 17.0 Å². The van der Waals surface area contributed by atoms with E-state index < -0.39 is 5.97 Å². The van der Waals surface area contributed by atoms with Gasteiger partial charge in [-0.3, -0.25) is 9.59 Å². The van der Waals surface area contributed by atoms with Crippen molar-refractivity contribution in [3.05, 3.63) is 34.9 Å². The number of hydrogen-bond donors (Lipinski definition) is 2. The molecule has 0 bridgehead atoms. The fourth-order valence-corrected chi connectivity index (χ4v) is 2.83. The van der Waals surface area contributed by atoms with E-state index in [1.807, 2.05) is 25.1 Å². The summed E-state index contributed by atoms with van der Waals surface area (Å²) in [5, 5.41) is 12.5. The van der Waals surface area contributed by atoms with Crippen LogP contribution >= 0.6 is 11.6 Å². The molecule has 2 rings (SSSR count). The van der Waals surface area contributed by atoms with Crippen molar-refractivity contribution in [1.29, 1.82) is 0 Å². The number of carboxylic acids is 1. The number of halogens is 1. The van der Waals surface area contributed by atoms with Gasteiger partial charge in [0.05, 0.1) is 12.0 Å². The monoisotopic (exact) mass is 295 g/mol. The molecule has 0 heterocycles. The fraction of sp³-hybridized carbons (Fsp3) is 0.467. The summed E-state index contributed by atoms with van der Waals surface area (Å²) in [6.45, 7) is 1.90. The molecule has 2 unspecified atom stereocenters. The predicted molar refractivity (Wildman–Crippen MR) is 76.5 cm³/mol. The maximum absolute atomic E-state index is 12.1. The summed E-state index contributed by atoms with van der Waals surface area (Å²) in [5.74, 6) is -1.45. The Kier molecular flexibility index (Phi) is 4.65. The van der Waals surface area contributed by atoms with E-state index in [-0.39, 0.29) is 23.8 Å². The average Bonchev–Trinajstić information content (AvgIpc) is 2.88. The maximum atomic E-state index is 12.1. The first kappa shape index (κ1) is 14.9. The molecule has 20 heavy (non-hydrogen) atoms. The topological polar surface area (TPSA) is 66.4 Å². The number of carbonyl (C=O) groups is 2. The molecule has 1 aromatic carbocycles. The maximum Gasteiger partial charge on any atom is 0.306 e. The van der Waals surface area contributed by atoms with Gasteiger partial charge in [0.1, 0.15) is 0 Å². The van der Waals surface area contributed by atoms with Crippen LogP contribution in [0.25, 0.3) is 0 Å². The van der Waals surface area contributed by atoms with Crippen LogP contribution in [0.4, 0.5) is 0 Å². The molecule has 0 aliphatic heterocycles. The third kappa shape index (κ3) is 3.51. The Morgan fingerprint density at radius 2 is 2.05 bits per heavy atom. The molecule has 1 amide bonds. The van der Waals surface area contributed by atoms with Gasteiger partial charge in [-0.05, 0) is 43.9 Å². The molecule has 0 spiro atoms. The molecule has 1 aromatic rings. The van der Waals surface area contributed by atoms with Gasteiger partial charge in [0, 0.05) is 10.9 Å². The van der Waals surface area contributed by atoms with Crippen molar-refractivity contribution in [2.75, 3.05) is 0 Å². The number of rotatable bonds is 4. The Morgan fingerprint density at radius 1 is 1.35 bits per heavy atom. The molecule has 0 saturated heterocycles. The molecule has 0 aromatic heterocycles. The van der Waals surface area contributed by atoms with Gasteiger partial charge >= 0.3 is 5.97 Å². The second-order valence-corrected chi connectivity index (χ2v) is 5.77. The van der Waals surface area contributed by atoms with Gasteiger partial charge in [-0.1, -0.05) is 23.7 Å². The van der Waals surface area contributed by atoms with Crippen LogP contribution in [0.2, 0.25) is 5.02 Å². The number of benzene rings is 1. The summed E-state index contributed by atoms with van der Waals surface area (Å²) in [7, 11) is 0. The van der Waals surface area contributed by atoms with E-state index in [4.69, 9.17) is 16.7 Å². The highest BCUT2D eigenvalue weighted by atomic mass is 35.5. The first-order valence-electron chi connectivity index (χ1n) is 6.76. The van der Waals surface area contributed by atoms with E-state index in [0.29, 0.717) is 24.3 Å². The zero-order valence-corrected chi connectivity index (χ0v) is 12.1. The summed E-state index contributed by atoms with van der Waals surface area (Å²) in [6.07, 6.45) is 1.66. The molecule has 5 heteroatoms. The van der Waals surface area contributed by atoms with E-state index in [2.05, 4.69) is 5.32 Å². The van der Waals surface area contributed by atoms with Gasteiger partial charge in [0.15, 0.2) is 0 Å². The predicted octanol–water partition coefficient (Wildman–Crippen LogP) is 3.02. The van der Waals surface area contributed by atoms with Gasteiger partial charge in [0.2, 0.25) is 5.91 Å². The van der Waals surface area contributed by atoms with Crippen molar-refractivity contribution in [3.63, 3.8) is 0 Å². The molecule has 1 aliphatic carbocycles. The lowest BCUT2D eigenvalue weighted by atomic mass is 10.0. The minimum absolute atomic E-state index is 0.0683. The SMILES string of the molecule is C[C@H](NC(=O)C1CCC(C(=O)O)C1)c1cccc(Cl)c1. The average molecular weight is 296 g/mol. The number of nitrogens with one attached hydrogen (secondary N) is 1. The standard InChI is InChI=1S/C15H18ClNO3/c1-9(10-3-2-4-13(16)8-10)17-14(18)11-5-6-12(7-11)15(19)20/h2-4,8-9,11-12H,5-7H2,1H3,(H,17,18)(H,19,20)/t9-,11?,12?/m0/s1. The van der Waals surface area contributed by atoms with E-state index in [1.54, 1.807) is 6.07 Å². The molecule has 1 aliphatic rings. The number of carboxylic acid groups (broad SMARTS) is 1. The second-order valence-electron chi connectivity index (χ2n) is 5.33. The Morgan fingerprint density at radius 3 is 2.65 bits per heavy atom. The summed E-state index contributed by atoms with van der Waals surface area (Å²) in [4.78, 5) is 23.0. The van der Waals surface area contributed by atoms with E-state index in [1.165, 1.54) is 0 Å². The van der Waals surface area contributed by atoms with E-state index in [9.17, 15) is 9.59 Å². The first-order chi connectivity index (χ1) is 9.47. The zero-order valence-electron chi connectivity index (χ0n) is 11.3. The smallest absolute Gasteiger partial charge is 0.306 e. The lowest BCUT2D eigenvalue weighted by Crippen LogP contribution is -2.32. The van der Waals surface area contributed by atoms with E-state index in [0.717, 1.165) is 5.56 Å². The summed E-state index contributed by atoms with van der Waals surface area (Å²) >= 11 is 5.93. The number of amides is 1. The fourth-order valence-electron chi connectivity index (χ4n) is 2.63. The van der Waals surface area contributed by atoms with Crippen LogP contribution < -0.4 is 5.32 Å². The first-order valence-corrected chi connectivity index (χ1v) is 7.14. The van der Waals surface area contributed by atoms with Gasteiger partial charge in [0.25, 0.3) is 0 Å². The highest BCUT2D eigenvalue weighted by Crippen LogP contribution is 2.31. The van der Waals surface area contributed by atoms with Gasteiger partial charge in [-0.2, -0.15) is 0 Å². The molecule has 0 radical (unpaired) electrons. The summed E-state index contributed by atoms with van der Waals surface area (Å²) in [5.41, 5.74) is 0.943. The molecular formula is C15H18ClNO3. The van der Waals surface area contributed by atoms with Crippen molar-refractivity contribution in [2.45, 2.75) is 32.2 Å². The molecular weight excluding hydrogens is 278 g/mol. The Hall–Kier alpha value is -1.55. The number of aliphatic carboxylic acids is 1. The van der Waals surface area contributed by atoms with Crippen LogP contribution in [0.15, 0.2) is 24.3 Å². The minimum Gasteiger partial charge on any atom is -0.481 e. The quantitative estimate of drug-likeness (QED) is 0.897. The van der Waals surface area contributed by atoms with Crippen molar-refractivity contribution >= 4 is 23.5 Å². The van der Waals surface area contributed by atoms with Crippen LogP contribution in [0.5, 0.6) is 0 Å². The summed E-state index contributed by atoms with van der Waals surface area (Å²) in [6, 6.07) is 7.22. The lowest BCUT2D eigenvalue weighted by Gasteiger charge is -2.17. The zero-order chi connectivity index (χ0) is 14.7. The van der Waals surface area contributed by atoms with Crippen LogP contribution in [0, 0.1) is 11.8 Å². The Bertz CT molecular complexity index is 518.